The number of benzene rings is 1. The van der Waals surface area contributed by atoms with Crippen molar-refractivity contribution in [1.82, 2.24) is 0 Å². The van der Waals surface area contributed by atoms with E-state index in [4.69, 9.17) is 0 Å². The van der Waals surface area contributed by atoms with Crippen molar-refractivity contribution in [2.45, 2.75) is 34.1 Å². The van der Waals surface area contributed by atoms with E-state index in [0.717, 1.165) is 6.42 Å². The molecule has 0 aliphatic rings. The quantitative estimate of drug-likeness (QED) is 0.629. The molecule has 15 heavy (non-hydrogen) atoms. The van der Waals surface area contributed by atoms with E-state index in [2.05, 4.69) is 64.1 Å². The highest BCUT2D eigenvalue weighted by atomic mass is 14.1. The highest BCUT2D eigenvalue weighted by Crippen LogP contribution is 2.17. The standard InChI is InChI=1S/C15H20/c1-5-12(2)14(4)13(3)11-15-9-7-6-8-10-15/h5-10H,11H2,1-4H3/b12-5?,14-13+. The molecule has 0 heterocycles. The zero-order valence-corrected chi connectivity index (χ0v) is 10.2. The molecule has 0 bridgehead atoms. The molecule has 0 spiro atoms. The smallest absolute Gasteiger partial charge is 0.00641 e. The number of rotatable bonds is 3. The van der Waals surface area contributed by atoms with Crippen LogP contribution >= 0.6 is 0 Å². The van der Waals surface area contributed by atoms with E-state index in [-0.39, 0.29) is 0 Å². The molecular formula is C15H20. The average molecular weight is 200 g/mol. The Bertz CT molecular complexity index is 366. The van der Waals surface area contributed by atoms with Gasteiger partial charge in [0.1, 0.15) is 0 Å². The molecule has 0 saturated heterocycles. The predicted octanol–water partition coefficient (Wildman–Crippen LogP) is 4.53. The number of hydrogen-bond acceptors (Lipinski definition) is 0. The summed E-state index contributed by atoms with van der Waals surface area (Å²) in [5.74, 6) is 0. The van der Waals surface area contributed by atoms with Gasteiger partial charge in [0.05, 0.1) is 0 Å². The van der Waals surface area contributed by atoms with Gasteiger partial charge in [-0.2, -0.15) is 0 Å². The summed E-state index contributed by atoms with van der Waals surface area (Å²) in [4.78, 5) is 0. The SMILES string of the molecule is CC=C(C)/C(C)=C(\C)Cc1ccccc1. The van der Waals surface area contributed by atoms with Crippen LogP contribution in [0.1, 0.15) is 33.3 Å². The Morgan fingerprint density at radius 2 is 1.67 bits per heavy atom. The maximum absolute atomic E-state index is 2.22. The van der Waals surface area contributed by atoms with Gasteiger partial charge < -0.3 is 0 Å². The first-order chi connectivity index (χ1) is 7.15. The lowest BCUT2D eigenvalue weighted by Gasteiger charge is -2.08. The van der Waals surface area contributed by atoms with Crippen LogP contribution in [-0.2, 0) is 6.42 Å². The van der Waals surface area contributed by atoms with Gasteiger partial charge in [0.25, 0.3) is 0 Å². The Morgan fingerprint density at radius 1 is 1.07 bits per heavy atom. The molecule has 0 heteroatoms. The largest absolute Gasteiger partial charge is 0.0845 e. The van der Waals surface area contributed by atoms with E-state index in [1.807, 2.05) is 0 Å². The molecule has 0 aromatic heterocycles. The fraction of sp³-hybridized carbons (Fsp3) is 0.333. The maximum atomic E-state index is 2.22. The minimum atomic E-state index is 1.05. The third-order valence-corrected chi connectivity index (χ3v) is 2.98. The van der Waals surface area contributed by atoms with Crippen LogP contribution in [0.15, 0.2) is 53.1 Å². The van der Waals surface area contributed by atoms with Gasteiger partial charge in [0, 0.05) is 0 Å². The monoisotopic (exact) mass is 200 g/mol. The molecule has 0 saturated carbocycles. The Hall–Kier alpha value is -1.30. The molecule has 0 radical (unpaired) electrons. The summed E-state index contributed by atoms with van der Waals surface area (Å²) < 4.78 is 0. The third kappa shape index (κ3) is 3.39. The molecule has 0 unspecified atom stereocenters. The van der Waals surface area contributed by atoms with Crippen LogP contribution in [0, 0.1) is 0 Å². The molecule has 1 rings (SSSR count). The minimum absolute atomic E-state index is 1.05. The zero-order valence-electron chi connectivity index (χ0n) is 10.2. The van der Waals surface area contributed by atoms with E-state index in [9.17, 15) is 0 Å². The maximum Gasteiger partial charge on any atom is -0.00641 e. The van der Waals surface area contributed by atoms with Crippen LogP contribution in [0.5, 0.6) is 0 Å². The van der Waals surface area contributed by atoms with Crippen molar-refractivity contribution in [2.24, 2.45) is 0 Å². The van der Waals surface area contributed by atoms with Crippen LogP contribution in [0.3, 0.4) is 0 Å². The van der Waals surface area contributed by atoms with E-state index in [1.54, 1.807) is 0 Å². The molecule has 0 aliphatic heterocycles. The molecular weight excluding hydrogens is 180 g/mol. The highest BCUT2D eigenvalue weighted by molar-refractivity contribution is 5.33. The average Bonchev–Trinajstić information content (AvgIpc) is 2.28. The Morgan fingerprint density at radius 3 is 2.20 bits per heavy atom. The second kappa shape index (κ2) is 5.55. The molecule has 80 valence electrons. The predicted molar refractivity (Wildman–Crippen MR) is 68.0 cm³/mol. The molecule has 1 aromatic rings. The topological polar surface area (TPSA) is 0 Å². The lowest BCUT2D eigenvalue weighted by Crippen LogP contribution is -1.91. The first kappa shape index (κ1) is 11.8. The summed E-state index contributed by atoms with van der Waals surface area (Å²) in [6.45, 7) is 8.68. The van der Waals surface area contributed by atoms with Gasteiger partial charge >= 0.3 is 0 Å². The summed E-state index contributed by atoms with van der Waals surface area (Å²) in [5, 5.41) is 0. The number of hydrogen-bond donors (Lipinski definition) is 0. The molecule has 0 N–H and O–H groups in total. The molecule has 0 atom stereocenters. The fourth-order valence-corrected chi connectivity index (χ4v) is 1.59. The van der Waals surface area contributed by atoms with E-state index >= 15 is 0 Å². The van der Waals surface area contributed by atoms with Crippen molar-refractivity contribution in [3.8, 4) is 0 Å². The molecule has 0 nitrogen and oxygen atoms in total. The van der Waals surface area contributed by atoms with E-state index in [0.29, 0.717) is 0 Å². The van der Waals surface area contributed by atoms with Crippen molar-refractivity contribution in [3.63, 3.8) is 0 Å². The van der Waals surface area contributed by atoms with Gasteiger partial charge in [0.2, 0.25) is 0 Å². The van der Waals surface area contributed by atoms with E-state index in [1.165, 1.54) is 22.3 Å². The first-order valence-corrected chi connectivity index (χ1v) is 5.48. The summed E-state index contributed by atoms with van der Waals surface area (Å²) in [7, 11) is 0. The van der Waals surface area contributed by atoms with E-state index < -0.39 is 0 Å². The Kier molecular flexibility index (Phi) is 4.36. The lowest BCUT2D eigenvalue weighted by molar-refractivity contribution is 1.09. The Balaban J connectivity index is 2.83. The van der Waals surface area contributed by atoms with Crippen molar-refractivity contribution in [1.29, 1.82) is 0 Å². The normalized spacial score (nSPS) is 13.7. The molecule has 0 fully saturated rings. The highest BCUT2D eigenvalue weighted by Gasteiger charge is 1.99. The van der Waals surface area contributed by atoms with Crippen LogP contribution < -0.4 is 0 Å². The van der Waals surface area contributed by atoms with Crippen LogP contribution in [0.4, 0.5) is 0 Å². The van der Waals surface area contributed by atoms with Gasteiger partial charge in [-0.1, -0.05) is 47.6 Å². The summed E-state index contributed by atoms with van der Waals surface area (Å²) in [6.07, 6.45) is 3.22. The molecule has 0 aliphatic carbocycles. The second-order valence-corrected chi connectivity index (χ2v) is 4.04. The minimum Gasteiger partial charge on any atom is -0.0845 e. The van der Waals surface area contributed by atoms with Crippen molar-refractivity contribution in [3.05, 3.63) is 58.7 Å². The van der Waals surface area contributed by atoms with Crippen molar-refractivity contribution < 1.29 is 0 Å². The third-order valence-electron chi connectivity index (χ3n) is 2.98. The van der Waals surface area contributed by atoms with Gasteiger partial charge in [-0.15, -0.1) is 0 Å². The van der Waals surface area contributed by atoms with Crippen LogP contribution in [0.25, 0.3) is 0 Å². The van der Waals surface area contributed by atoms with Gasteiger partial charge in [-0.3, -0.25) is 0 Å². The second-order valence-electron chi connectivity index (χ2n) is 4.04. The molecule has 1 aromatic carbocycles. The van der Waals surface area contributed by atoms with Gasteiger partial charge in [0.15, 0.2) is 0 Å². The van der Waals surface area contributed by atoms with Gasteiger partial charge in [-0.25, -0.2) is 0 Å². The summed E-state index contributed by atoms with van der Waals surface area (Å²) in [5.41, 5.74) is 5.64. The Labute approximate surface area is 93.3 Å². The zero-order chi connectivity index (χ0) is 11.3. The summed E-state index contributed by atoms with van der Waals surface area (Å²) >= 11 is 0. The van der Waals surface area contributed by atoms with Gasteiger partial charge in [-0.05, 0) is 45.3 Å². The fourth-order valence-electron chi connectivity index (χ4n) is 1.59. The summed E-state index contributed by atoms with van der Waals surface area (Å²) in [6, 6.07) is 10.6. The van der Waals surface area contributed by atoms with Crippen LogP contribution in [0.2, 0.25) is 0 Å². The number of allylic oxidation sites excluding steroid dienone is 4. The van der Waals surface area contributed by atoms with Crippen LogP contribution in [-0.4, -0.2) is 0 Å². The molecule has 0 amide bonds. The van der Waals surface area contributed by atoms with Crippen molar-refractivity contribution in [2.75, 3.05) is 0 Å². The lowest BCUT2D eigenvalue weighted by atomic mass is 9.98. The first-order valence-electron chi connectivity index (χ1n) is 5.48. The van der Waals surface area contributed by atoms with Crippen molar-refractivity contribution >= 4 is 0 Å².